The van der Waals surface area contributed by atoms with Gasteiger partial charge in [-0.1, -0.05) is 29.3 Å². The zero-order valence-corrected chi connectivity index (χ0v) is 12.7. The molecule has 3 rings (SSSR count). The fourth-order valence-electron chi connectivity index (χ4n) is 3.00. The maximum atomic E-state index is 12.2. The number of carbonyl (C=O) groups is 1. The lowest BCUT2D eigenvalue weighted by Gasteiger charge is -2.31. The third kappa shape index (κ3) is 3.01. The van der Waals surface area contributed by atoms with Gasteiger partial charge in [-0.05, 0) is 25.0 Å². The molecule has 2 atom stereocenters. The number of ketones is 1. The van der Waals surface area contributed by atoms with Crippen LogP contribution in [-0.4, -0.2) is 42.5 Å². The van der Waals surface area contributed by atoms with Crippen molar-refractivity contribution in [2.75, 3.05) is 19.6 Å². The third-order valence-electron chi connectivity index (χ3n) is 4.03. The number of carbonyl (C=O) groups excluding carboxylic acids is 1. The van der Waals surface area contributed by atoms with E-state index in [-0.39, 0.29) is 5.78 Å². The molecule has 0 radical (unpaired) electrons. The van der Waals surface area contributed by atoms with Crippen LogP contribution < -0.4 is 0 Å². The molecule has 1 aromatic carbocycles. The maximum Gasteiger partial charge on any atom is 0.165 e. The smallest absolute Gasteiger partial charge is 0.165 e. The van der Waals surface area contributed by atoms with E-state index in [0.717, 1.165) is 32.5 Å². The highest BCUT2D eigenvalue weighted by molar-refractivity contribution is 6.43. The average Bonchev–Trinajstić information content (AvgIpc) is 2.78. The van der Waals surface area contributed by atoms with Crippen LogP contribution in [0.4, 0.5) is 0 Å². The summed E-state index contributed by atoms with van der Waals surface area (Å²) >= 11 is 12.0. The molecule has 2 aliphatic rings. The van der Waals surface area contributed by atoms with Crippen LogP contribution in [0.15, 0.2) is 18.2 Å². The number of morpholine rings is 1. The van der Waals surface area contributed by atoms with Gasteiger partial charge in [0, 0.05) is 31.6 Å². The second kappa shape index (κ2) is 6.02. The van der Waals surface area contributed by atoms with Crippen LogP contribution in [0, 0.1) is 0 Å². The van der Waals surface area contributed by atoms with Crippen molar-refractivity contribution < 1.29 is 9.53 Å². The predicted octanol–water partition coefficient (Wildman–Crippen LogP) is 3.43. The Labute approximate surface area is 128 Å². The van der Waals surface area contributed by atoms with Crippen molar-refractivity contribution in [2.45, 2.75) is 31.5 Å². The molecule has 2 unspecified atom stereocenters. The van der Waals surface area contributed by atoms with Crippen LogP contribution >= 0.6 is 23.2 Å². The molecular weight excluding hydrogens is 297 g/mol. The van der Waals surface area contributed by atoms with E-state index in [4.69, 9.17) is 27.9 Å². The fourth-order valence-corrected chi connectivity index (χ4v) is 3.40. The highest BCUT2D eigenvalue weighted by Crippen LogP contribution is 2.28. The van der Waals surface area contributed by atoms with Crippen molar-refractivity contribution in [3.05, 3.63) is 33.8 Å². The molecule has 0 aromatic heterocycles. The SMILES string of the molecule is O=C(CCN1CC2CCC(C1)O2)c1cccc(Cl)c1Cl. The van der Waals surface area contributed by atoms with E-state index in [1.165, 1.54) is 0 Å². The summed E-state index contributed by atoms with van der Waals surface area (Å²) in [5, 5.41) is 0.795. The minimum atomic E-state index is 0.0522. The number of fused-ring (bicyclic) bond motifs is 2. The van der Waals surface area contributed by atoms with Crippen molar-refractivity contribution in [1.29, 1.82) is 0 Å². The Balaban J connectivity index is 1.58. The predicted molar refractivity (Wildman–Crippen MR) is 79.7 cm³/mol. The monoisotopic (exact) mass is 313 g/mol. The second-order valence-corrected chi connectivity index (χ2v) is 6.28. The summed E-state index contributed by atoms with van der Waals surface area (Å²) in [5.41, 5.74) is 0.524. The number of benzene rings is 1. The molecule has 2 heterocycles. The fraction of sp³-hybridized carbons (Fsp3) is 0.533. The number of likely N-dealkylation sites (tertiary alicyclic amines) is 1. The van der Waals surface area contributed by atoms with Crippen molar-refractivity contribution in [1.82, 2.24) is 4.90 Å². The first-order valence-electron chi connectivity index (χ1n) is 6.98. The Kier molecular flexibility index (Phi) is 4.32. The van der Waals surface area contributed by atoms with Crippen molar-refractivity contribution in [3.8, 4) is 0 Å². The number of rotatable bonds is 4. The highest BCUT2D eigenvalue weighted by Gasteiger charge is 2.33. The van der Waals surface area contributed by atoms with Gasteiger partial charge in [-0.15, -0.1) is 0 Å². The quantitative estimate of drug-likeness (QED) is 0.798. The van der Waals surface area contributed by atoms with Crippen LogP contribution in [0.3, 0.4) is 0 Å². The zero-order valence-electron chi connectivity index (χ0n) is 11.1. The van der Waals surface area contributed by atoms with E-state index < -0.39 is 0 Å². The number of nitrogens with zero attached hydrogens (tertiary/aromatic N) is 1. The molecule has 20 heavy (non-hydrogen) atoms. The van der Waals surface area contributed by atoms with Gasteiger partial charge >= 0.3 is 0 Å². The van der Waals surface area contributed by atoms with Crippen LogP contribution in [0.25, 0.3) is 0 Å². The molecule has 2 fully saturated rings. The lowest BCUT2D eigenvalue weighted by atomic mass is 10.1. The number of Topliss-reactive ketones (excluding diaryl/α,β-unsaturated/α-hetero) is 1. The molecule has 5 heteroatoms. The first-order valence-corrected chi connectivity index (χ1v) is 7.74. The minimum Gasteiger partial charge on any atom is -0.372 e. The average molecular weight is 314 g/mol. The molecule has 0 aliphatic carbocycles. The van der Waals surface area contributed by atoms with Gasteiger partial charge in [0.05, 0.1) is 22.3 Å². The van der Waals surface area contributed by atoms with Gasteiger partial charge in [0.25, 0.3) is 0 Å². The van der Waals surface area contributed by atoms with E-state index in [2.05, 4.69) is 4.90 Å². The summed E-state index contributed by atoms with van der Waals surface area (Å²) < 4.78 is 5.79. The van der Waals surface area contributed by atoms with E-state index >= 15 is 0 Å². The molecular formula is C15H17Cl2NO2. The standard InChI is InChI=1S/C15H17Cl2NO2/c16-13-3-1-2-12(15(13)17)14(19)6-7-18-8-10-4-5-11(9-18)20-10/h1-3,10-11H,4-9H2. The Hall–Kier alpha value is -0.610. The van der Waals surface area contributed by atoms with Crippen molar-refractivity contribution in [3.63, 3.8) is 0 Å². The Morgan fingerprint density at radius 1 is 1.25 bits per heavy atom. The van der Waals surface area contributed by atoms with Crippen LogP contribution in [0.5, 0.6) is 0 Å². The van der Waals surface area contributed by atoms with Gasteiger partial charge in [-0.25, -0.2) is 0 Å². The molecule has 2 saturated heterocycles. The lowest BCUT2D eigenvalue weighted by Crippen LogP contribution is -2.43. The Bertz CT molecular complexity index is 509. The number of ether oxygens (including phenoxy) is 1. The molecule has 2 bridgehead atoms. The molecule has 0 spiro atoms. The van der Waals surface area contributed by atoms with Gasteiger partial charge in [-0.2, -0.15) is 0 Å². The Morgan fingerprint density at radius 2 is 1.95 bits per heavy atom. The highest BCUT2D eigenvalue weighted by atomic mass is 35.5. The van der Waals surface area contributed by atoms with E-state index in [1.54, 1.807) is 18.2 Å². The van der Waals surface area contributed by atoms with Crippen LogP contribution in [-0.2, 0) is 4.74 Å². The van der Waals surface area contributed by atoms with E-state index in [1.807, 2.05) is 0 Å². The number of hydrogen-bond acceptors (Lipinski definition) is 3. The third-order valence-corrected chi connectivity index (χ3v) is 4.85. The van der Waals surface area contributed by atoms with Crippen molar-refractivity contribution >= 4 is 29.0 Å². The zero-order chi connectivity index (χ0) is 14.1. The maximum absolute atomic E-state index is 12.2. The summed E-state index contributed by atoms with van der Waals surface area (Å²) in [5.74, 6) is 0.0522. The van der Waals surface area contributed by atoms with Gasteiger partial charge in [0.1, 0.15) is 0 Å². The minimum absolute atomic E-state index is 0.0522. The van der Waals surface area contributed by atoms with Gasteiger partial charge in [-0.3, -0.25) is 9.69 Å². The van der Waals surface area contributed by atoms with Crippen molar-refractivity contribution in [2.24, 2.45) is 0 Å². The first kappa shape index (κ1) is 14.3. The largest absolute Gasteiger partial charge is 0.372 e. The normalized spacial score (nSPS) is 25.9. The summed E-state index contributed by atoms with van der Waals surface area (Å²) in [4.78, 5) is 14.6. The second-order valence-electron chi connectivity index (χ2n) is 5.49. The van der Waals surface area contributed by atoms with Gasteiger partial charge in [0.15, 0.2) is 5.78 Å². The summed E-state index contributed by atoms with van der Waals surface area (Å²) in [6.45, 7) is 2.64. The van der Waals surface area contributed by atoms with E-state index in [9.17, 15) is 4.79 Å². The van der Waals surface area contributed by atoms with Gasteiger partial charge < -0.3 is 4.74 Å². The molecule has 108 valence electrons. The molecule has 0 saturated carbocycles. The number of halogens is 2. The molecule has 2 aliphatic heterocycles. The van der Waals surface area contributed by atoms with Gasteiger partial charge in [0.2, 0.25) is 0 Å². The van der Waals surface area contributed by atoms with Crippen LogP contribution in [0.1, 0.15) is 29.6 Å². The Morgan fingerprint density at radius 3 is 2.65 bits per heavy atom. The summed E-state index contributed by atoms with van der Waals surface area (Å²) in [6.07, 6.45) is 3.49. The summed E-state index contributed by atoms with van der Waals surface area (Å²) in [6, 6.07) is 5.19. The first-order chi connectivity index (χ1) is 9.63. The summed E-state index contributed by atoms with van der Waals surface area (Å²) in [7, 11) is 0. The lowest BCUT2D eigenvalue weighted by molar-refractivity contribution is -0.0379. The topological polar surface area (TPSA) is 29.5 Å². The molecule has 0 amide bonds. The molecule has 0 N–H and O–H groups in total. The molecule has 1 aromatic rings. The number of hydrogen-bond donors (Lipinski definition) is 0. The van der Waals surface area contributed by atoms with Crippen LogP contribution in [0.2, 0.25) is 10.0 Å². The van der Waals surface area contributed by atoms with E-state index in [0.29, 0.717) is 34.2 Å². The molecule has 3 nitrogen and oxygen atoms in total.